The van der Waals surface area contributed by atoms with Gasteiger partial charge in [0, 0.05) is 0 Å². The summed E-state index contributed by atoms with van der Waals surface area (Å²) in [5, 5.41) is 0. The van der Waals surface area contributed by atoms with E-state index < -0.39 is 19.6 Å². The topological polar surface area (TPSA) is 27.7 Å². The summed E-state index contributed by atoms with van der Waals surface area (Å²) in [6.45, 7) is 21.3. The monoisotopic (exact) mass is 408 g/mol. The summed E-state index contributed by atoms with van der Waals surface area (Å²) in [6, 6.07) is 0. The molecule has 1 fully saturated rings. The maximum absolute atomic E-state index is 6.65. The molecule has 126 valence electrons. The Labute approximate surface area is 137 Å². The van der Waals surface area contributed by atoms with Gasteiger partial charge in [0.15, 0.2) is 0 Å². The molecule has 1 rings (SSSR count). The molecule has 4 heteroatoms. The molecular formula is C17H36O3Sn. The fourth-order valence-electron chi connectivity index (χ4n) is 2.65. The summed E-state index contributed by atoms with van der Waals surface area (Å²) >= 11 is -3.78. The average Bonchev–Trinajstić information content (AvgIpc) is 2.04. The van der Waals surface area contributed by atoms with Crippen molar-refractivity contribution in [2.75, 3.05) is 0 Å². The minimum absolute atomic E-state index is 0.0997. The molecular weight excluding hydrogens is 371 g/mol. The summed E-state index contributed by atoms with van der Waals surface area (Å²) in [4.78, 5) is 0. The first-order valence-corrected chi connectivity index (χ1v) is 13.1. The number of rotatable bonds is 4. The van der Waals surface area contributed by atoms with E-state index in [0.717, 1.165) is 12.8 Å². The van der Waals surface area contributed by atoms with Crippen molar-refractivity contribution in [3.05, 3.63) is 0 Å². The fraction of sp³-hybridized carbons (Fsp3) is 1.00. The fourth-order valence-corrected chi connectivity index (χ4v) is 14.8. The standard InChI is InChI=1S/C5H9.3C4H9O.Sn/c1-5-3-2-4-5;3*1-4(2,3)5;/h2-4H2,1H3;3*1-3H3;/q;3*-1;+3. The van der Waals surface area contributed by atoms with Crippen LogP contribution in [0, 0.1) is 0 Å². The molecule has 0 aromatic heterocycles. The van der Waals surface area contributed by atoms with Crippen molar-refractivity contribution in [1.82, 2.24) is 0 Å². The van der Waals surface area contributed by atoms with Crippen molar-refractivity contribution in [2.45, 2.75) is 109 Å². The van der Waals surface area contributed by atoms with Crippen LogP contribution in [0.2, 0.25) is 3.43 Å². The minimum atomic E-state index is -3.78. The van der Waals surface area contributed by atoms with Crippen LogP contribution in [0.4, 0.5) is 0 Å². The third kappa shape index (κ3) is 5.67. The van der Waals surface area contributed by atoms with Crippen molar-refractivity contribution < 1.29 is 9.22 Å². The van der Waals surface area contributed by atoms with E-state index in [1.165, 1.54) is 6.42 Å². The zero-order chi connectivity index (χ0) is 16.7. The Kier molecular flexibility index (Phi) is 5.59. The summed E-state index contributed by atoms with van der Waals surface area (Å²) in [5.41, 5.74) is -0.735. The normalized spacial score (nSPS) is 20.3. The van der Waals surface area contributed by atoms with Gasteiger partial charge in [0.2, 0.25) is 0 Å². The molecule has 0 N–H and O–H groups in total. The average molecular weight is 407 g/mol. The molecule has 0 aliphatic heterocycles. The molecule has 1 aliphatic carbocycles. The molecule has 1 aliphatic rings. The Morgan fingerprint density at radius 3 is 1.10 bits per heavy atom. The summed E-state index contributed by atoms with van der Waals surface area (Å²) in [5.74, 6) is 0. The molecule has 0 spiro atoms. The first-order chi connectivity index (χ1) is 9.08. The molecule has 0 saturated heterocycles. The molecule has 21 heavy (non-hydrogen) atoms. The molecule has 0 amide bonds. The van der Waals surface area contributed by atoms with Crippen LogP contribution in [0.15, 0.2) is 0 Å². The maximum atomic E-state index is 6.65. The van der Waals surface area contributed by atoms with Gasteiger partial charge in [-0.3, -0.25) is 0 Å². The van der Waals surface area contributed by atoms with Crippen molar-refractivity contribution in [2.24, 2.45) is 0 Å². The molecule has 0 bridgehead atoms. The number of hydrogen-bond donors (Lipinski definition) is 0. The van der Waals surface area contributed by atoms with Crippen LogP contribution < -0.4 is 0 Å². The molecule has 1 saturated carbocycles. The third-order valence-corrected chi connectivity index (χ3v) is 16.7. The van der Waals surface area contributed by atoms with Crippen LogP contribution in [-0.2, 0) is 9.22 Å². The van der Waals surface area contributed by atoms with E-state index in [2.05, 4.69) is 69.2 Å². The molecule has 3 nitrogen and oxygen atoms in total. The van der Waals surface area contributed by atoms with Crippen molar-refractivity contribution in [1.29, 1.82) is 0 Å². The summed E-state index contributed by atoms with van der Waals surface area (Å²) < 4.78 is 20.0. The Morgan fingerprint density at radius 1 is 0.667 bits per heavy atom. The predicted octanol–water partition coefficient (Wildman–Crippen LogP) is 5.31. The predicted molar refractivity (Wildman–Crippen MR) is 90.5 cm³/mol. The van der Waals surface area contributed by atoms with E-state index in [0.29, 0.717) is 0 Å². The number of hydrogen-bond acceptors (Lipinski definition) is 3. The second-order valence-electron chi connectivity index (χ2n) is 9.61. The molecule has 0 radical (unpaired) electrons. The second kappa shape index (κ2) is 5.95. The SMILES string of the molecule is CC(C)(C)[O][Sn]([O]C(C)(C)C)([O]C(C)(C)C)[C]1(C)CCC1. The molecule has 0 unspecified atom stereocenters. The van der Waals surface area contributed by atoms with Crippen molar-refractivity contribution in [3.8, 4) is 0 Å². The van der Waals surface area contributed by atoms with E-state index in [1.807, 2.05) is 0 Å². The summed E-state index contributed by atoms with van der Waals surface area (Å²) in [6.07, 6.45) is 3.57. The third-order valence-electron chi connectivity index (χ3n) is 3.52. The Balaban J connectivity index is 3.25. The van der Waals surface area contributed by atoms with Crippen LogP contribution in [0.25, 0.3) is 0 Å². The van der Waals surface area contributed by atoms with Crippen LogP contribution in [0.5, 0.6) is 0 Å². The Bertz CT molecular complexity index is 313. The van der Waals surface area contributed by atoms with E-state index in [4.69, 9.17) is 9.22 Å². The van der Waals surface area contributed by atoms with Gasteiger partial charge in [0.1, 0.15) is 0 Å². The van der Waals surface area contributed by atoms with Gasteiger partial charge in [0.05, 0.1) is 0 Å². The van der Waals surface area contributed by atoms with Gasteiger partial charge in [-0.2, -0.15) is 0 Å². The second-order valence-corrected chi connectivity index (χ2v) is 18.0. The van der Waals surface area contributed by atoms with Crippen LogP contribution >= 0.6 is 0 Å². The van der Waals surface area contributed by atoms with Gasteiger partial charge in [-0.25, -0.2) is 0 Å². The van der Waals surface area contributed by atoms with Gasteiger partial charge in [0.25, 0.3) is 0 Å². The Hall–Kier alpha value is 0.679. The quantitative estimate of drug-likeness (QED) is 0.591. The van der Waals surface area contributed by atoms with E-state index in [-0.39, 0.29) is 20.2 Å². The van der Waals surface area contributed by atoms with Crippen molar-refractivity contribution in [3.63, 3.8) is 0 Å². The zero-order valence-electron chi connectivity index (χ0n) is 15.8. The summed E-state index contributed by atoms with van der Waals surface area (Å²) in [7, 11) is 0. The van der Waals surface area contributed by atoms with E-state index in [1.54, 1.807) is 0 Å². The molecule has 0 atom stereocenters. The van der Waals surface area contributed by atoms with Crippen LogP contribution in [0.1, 0.15) is 88.5 Å². The van der Waals surface area contributed by atoms with Gasteiger partial charge < -0.3 is 0 Å². The molecule has 0 aromatic rings. The van der Waals surface area contributed by atoms with Gasteiger partial charge >= 0.3 is 138 Å². The first kappa shape index (κ1) is 19.7. The zero-order valence-corrected chi connectivity index (χ0v) is 18.7. The van der Waals surface area contributed by atoms with Crippen LogP contribution in [-0.4, -0.2) is 36.4 Å². The van der Waals surface area contributed by atoms with E-state index in [9.17, 15) is 0 Å². The molecule has 0 heterocycles. The van der Waals surface area contributed by atoms with Gasteiger partial charge in [-0.1, -0.05) is 0 Å². The van der Waals surface area contributed by atoms with Gasteiger partial charge in [-0.05, 0) is 0 Å². The molecule has 0 aromatic carbocycles. The van der Waals surface area contributed by atoms with Gasteiger partial charge in [-0.15, -0.1) is 0 Å². The van der Waals surface area contributed by atoms with E-state index >= 15 is 0 Å². The van der Waals surface area contributed by atoms with Crippen molar-refractivity contribution >= 4 is 19.6 Å². The first-order valence-electron chi connectivity index (χ1n) is 8.18. The van der Waals surface area contributed by atoms with Crippen LogP contribution in [0.3, 0.4) is 0 Å². The Morgan fingerprint density at radius 2 is 0.952 bits per heavy atom.